The Balaban J connectivity index is 2.44. The standard InChI is InChI=1S/C10H11ClO3/c11-9-3-1-8(2-4-9)7-10(13)14-6-5-12/h1-4,12H,5-7H2. The van der Waals surface area contributed by atoms with Gasteiger partial charge >= 0.3 is 5.97 Å². The van der Waals surface area contributed by atoms with Crippen molar-refractivity contribution in [2.45, 2.75) is 6.42 Å². The third-order valence-electron chi connectivity index (χ3n) is 1.62. The van der Waals surface area contributed by atoms with Crippen LogP contribution in [0.4, 0.5) is 0 Å². The molecule has 0 unspecified atom stereocenters. The quantitative estimate of drug-likeness (QED) is 0.772. The van der Waals surface area contributed by atoms with Gasteiger partial charge in [0.2, 0.25) is 0 Å². The fourth-order valence-electron chi connectivity index (χ4n) is 0.979. The zero-order valence-corrected chi connectivity index (χ0v) is 8.33. The summed E-state index contributed by atoms with van der Waals surface area (Å²) in [7, 11) is 0. The molecule has 0 fully saturated rings. The fraction of sp³-hybridized carbons (Fsp3) is 0.300. The lowest BCUT2D eigenvalue weighted by atomic mass is 10.2. The van der Waals surface area contributed by atoms with Gasteiger partial charge in [-0.05, 0) is 17.7 Å². The Morgan fingerprint density at radius 2 is 2.00 bits per heavy atom. The van der Waals surface area contributed by atoms with Crippen molar-refractivity contribution in [2.24, 2.45) is 0 Å². The normalized spacial score (nSPS) is 9.86. The van der Waals surface area contributed by atoms with Gasteiger partial charge in [0.25, 0.3) is 0 Å². The predicted molar refractivity (Wildman–Crippen MR) is 53.2 cm³/mol. The molecule has 4 heteroatoms. The van der Waals surface area contributed by atoms with Crippen LogP contribution in [0.5, 0.6) is 0 Å². The van der Waals surface area contributed by atoms with Crippen LogP contribution in [-0.4, -0.2) is 24.3 Å². The van der Waals surface area contributed by atoms with Crippen molar-refractivity contribution in [1.82, 2.24) is 0 Å². The van der Waals surface area contributed by atoms with Crippen molar-refractivity contribution in [2.75, 3.05) is 13.2 Å². The maximum absolute atomic E-state index is 11.1. The number of ether oxygens (including phenoxy) is 1. The molecule has 0 radical (unpaired) electrons. The minimum Gasteiger partial charge on any atom is -0.463 e. The fourth-order valence-corrected chi connectivity index (χ4v) is 1.11. The molecule has 0 bridgehead atoms. The van der Waals surface area contributed by atoms with E-state index in [9.17, 15) is 4.79 Å². The van der Waals surface area contributed by atoms with Crippen LogP contribution in [0.25, 0.3) is 0 Å². The minimum absolute atomic E-state index is 0.0480. The van der Waals surface area contributed by atoms with E-state index >= 15 is 0 Å². The molecule has 0 saturated carbocycles. The molecule has 1 N–H and O–H groups in total. The summed E-state index contributed by atoms with van der Waals surface area (Å²) in [5.41, 5.74) is 0.845. The smallest absolute Gasteiger partial charge is 0.310 e. The van der Waals surface area contributed by atoms with E-state index in [1.807, 2.05) is 0 Å². The van der Waals surface area contributed by atoms with E-state index < -0.39 is 0 Å². The van der Waals surface area contributed by atoms with Gasteiger partial charge in [0, 0.05) is 5.02 Å². The van der Waals surface area contributed by atoms with Gasteiger partial charge in [0.05, 0.1) is 13.0 Å². The van der Waals surface area contributed by atoms with Gasteiger partial charge in [-0.25, -0.2) is 0 Å². The molecule has 0 heterocycles. The molecule has 0 aliphatic rings. The van der Waals surface area contributed by atoms with E-state index in [-0.39, 0.29) is 25.6 Å². The predicted octanol–water partition coefficient (Wildman–Crippen LogP) is 1.42. The molecule has 3 nitrogen and oxygen atoms in total. The first-order chi connectivity index (χ1) is 6.72. The molecule has 0 saturated heterocycles. The molecular formula is C10H11ClO3. The highest BCUT2D eigenvalue weighted by Crippen LogP contribution is 2.10. The number of esters is 1. The lowest BCUT2D eigenvalue weighted by molar-refractivity contribution is -0.143. The highest BCUT2D eigenvalue weighted by atomic mass is 35.5. The van der Waals surface area contributed by atoms with E-state index in [1.54, 1.807) is 24.3 Å². The Hall–Kier alpha value is -1.06. The first kappa shape index (κ1) is 11.0. The van der Waals surface area contributed by atoms with Crippen molar-refractivity contribution < 1.29 is 14.6 Å². The van der Waals surface area contributed by atoms with E-state index in [0.717, 1.165) is 5.56 Å². The van der Waals surface area contributed by atoms with Crippen LogP contribution in [0.15, 0.2) is 24.3 Å². The van der Waals surface area contributed by atoms with E-state index in [1.165, 1.54) is 0 Å². The van der Waals surface area contributed by atoms with E-state index in [4.69, 9.17) is 21.4 Å². The second-order valence-electron chi connectivity index (χ2n) is 2.75. The Labute approximate surface area is 87.3 Å². The minimum atomic E-state index is -0.346. The third-order valence-corrected chi connectivity index (χ3v) is 1.87. The molecule has 0 aliphatic heterocycles. The Bertz CT molecular complexity index is 295. The second-order valence-corrected chi connectivity index (χ2v) is 3.18. The SMILES string of the molecule is O=C(Cc1ccc(Cl)cc1)OCCO. The zero-order valence-electron chi connectivity index (χ0n) is 7.57. The first-order valence-electron chi connectivity index (χ1n) is 4.23. The second kappa shape index (κ2) is 5.62. The maximum Gasteiger partial charge on any atom is 0.310 e. The molecule has 0 aromatic heterocycles. The summed E-state index contributed by atoms with van der Waals surface area (Å²) in [6.07, 6.45) is 0.206. The van der Waals surface area contributed by atoms with Crippen LogP contribution in [0.3, 0.4) is 0 Å². The largest absolute Gasteiger partial charge is 0.463 e. The maximum atomic E-state index is 11.1. The number of carbonyl (C=O) groups is 1. The van der Waals surface area contributed by atoms with E-state index in [0.29, 0.717) is 5.02 Å². The van der Waals surface area contributed by atoms with Crippen molar-refractivity contribution in [1.29, 1.82) is 0 Å². The summed E-state index contributed by atoms with van der Waals surface area (Å²) >= 11 is 5.68. The summed E-state index contributed by atoms with van der Waals surface area (Å²) in [6.45, 7) is -0.0984. The lowest BCUT2D eigenvalue weighted by Gasteiger charge is -2.02. The summed E-state index contributed by atoms with van der Waals surface area (Å²) in [4.78, 5) is 11.1. The van der Waals surface area contributed by atoms with Crippen molar-refractivity contribution >= 4 is 17.6 Å². The van der Waals surface area contributed by atoms with Crippen molar-refractivity contribution in [3.8, 4) is 0 Å². The molecule has 14 heavy (non-hydrogen) atoms. The number of hydrogen-bond acceptors (Lipinski definition) is 3. The van der Waals surface area contributed by atoms with Crippen LogP contribution in [-0.2, 0) is 16.0 Å². The van der Waals surface area contributed by atoms with Crippen LogP contribution in [0.1, 0.15) is 5.56 Å². The molecule has 0 atom stereocenters. The Kier molecular flexibility index (Phi) is 4.43. The summed E-state index contributed by atoms with van der Waals surface area (Å²) in [5.74, 6) is -0.346. The van der Waals surface area contributed by atoms with Gasteiger partial charge in [0.15, 0.2) is 0 Å². The molecule has 1 aromatic carbocycles. The van der Waals surface area contributed by atoms with Gasteiger partial charge in [-0.3, -0.25) is 4.79 Å². The number of halogens is 1. The average molecular weight is 215 g/mol. The Morgan fingerprint density at radius 1 is 1.36 bits per heavy atom. The van der Waals surface area contributed by atoms with Gasteiger partial charge in [-0.2, -0.15) is 0 Å². The van der Waals surface area contributed by atoms with E-state index in [2.05, 4.69) is 0 Å². The zero-order chi connectivity index (χ0) is 10.4. The third kappa shape index (κ3) is 3.77. The topological polar surface area (TPSA) is 46.5 Å². The van der Waals surface area contributed by atoms with Gasteiger partial charge < -0.3 is 9.84 Å². The molecular weight excluding hydrogens is 204 g/mol. The van der Waals surface area contributed by atoms with Crippen molar-refractivity contribution in [3.63, 3.8) is 0 Å². The van der Waals surface area contributed by atoms with Crippen LogP contribution >= 0.6 is 11.6 Å². The van der Waals surface area contributed by atoms with Gasteiger partial charge in [0.1, 0.15) is 6.61 Å². The highest BCUT2D eigenvalue weighted by molar-refractivity contribution is 6.30. The number of carbonyl (C=O) groups excluding carboxylic acids is 1. The number of aliphatic hydroxyl groups is 1. The molecule has 1 rings (SSSR count). The van der Waals surface area contributed by atoms with Gasteiger partial charge in [-0.1, -0.05) is 23.7 Å². The first-order valence-corrected chi connectivity index (χ1v) is 4.61. The number of hydrogen-bond donors (Lipinski definition) is 1. The van der Waals surface area contributed by atoms with Gasteiger partial charge in [-0.15, -0.1) is 0 Å². The van der Waals surface area contributed by atoms with Crippen LogP contribution in [0.2, 0.25) is 5.02 Å². The highest BCUT2D eigenvalue weighted by Gasteiger charge is 2.03. The number of benzene rings is 1. The Morgan fingerprint density at radius 3 is 2.57 bits per heavy atom. The van der Waals surface area contributed by atoms with Crippen LogP contribution < -0.4 is 0 Å². The molecule has 76 valence electrons. The molecule has 0 spiro atoms. The monoisotopic (exact) mass is 214 g/mol. The lowest BCUT2D eigenvalue weighted by Crippen LogP contribution is -2.10. The molecule has 0 aliphatic carbocycles. The van der Waals surface area contributed by atoms with Crippen LogP contribution in [0, 0.1) is 0 Å². The summed E-state index contributed by atoms with van der Waals surface area (Å²) in [5, 5.41) is 9.06. The number of aliphatic hydroxyl groups excluding tert-OH is 1. The van der Waals surface area contributed by atoms with Crippen molar-refractivity contribution in [3.05, 3.63) is 34.9 Å². The summed E-state index contributed by atoms with van der Waals surface area (Å²) < 4.78 is 4.70. The molecule has 0 amide bonds. The average Bonchev–Trinajstić information content (AvgIpc) is 2.18. The number of rotatable bonds is 4. The molecule has 1 aromatic rings. The summed E-state index contributed by atoms with van der Waals surface area (Å²) in [6, 6.07) is 6.97.